The number of carbonyl (C=O) groups excluding carboxylic acids is 2. The van der Waals surface area contributed by atoms with Gasteiger partial charge in [-0.25, -0.2) is 4.39 Å². The Morgan fingerprint density at radius 3 is 2.76 bits per heavy atom. The number of amides is 1. The number of rotatable bonds is 4. The van der Waals surface area contributed by atoms with Gasteiger partial charge in [-0.3, -0.25) is 14.3 Å². The van der Waals surface area contributed by atoms with Crippen molar-refractivity contribution in [3.8, 4) is 0 Å². The third-order valence-corrected chi connectivity index (χ3v) is 3.27. The fourth-order valence-electron chi connectivity index (χ4n) is 1.77. The molecule has 0 fully saturated rings. The van der Waals surface area contributed by atoms with Gasteiger partial charge in [0.25, 0.3) is 5.91 Å². The molecule has 1 aromatic heterocycles. The first-order valence-electron chi connectivity index (χ1n) is 6.17. The molecule has 1 amide bonds. The zero-order valence-corrected chi connectivity index (χ0v) is 12.2. The number of benzene rings is 1. The summed E-state index contributed by atoms with van der Waals surface area (Å²) in [7, 11) is 0. The summed E-state index contributed by atoms with van der Waals surface area (Å²) in [4.78, 5) is 22.2. The van der Waals surface area contributed by atoms with E-state index in [-0.39, 0.29) is 12.4 Å². The van der Waals surface area contributed by atoms with Crippen molar-refractivity contribution in [2.45, 2.75) is 20.4 Å². The van der Waals surface area contributed by atoms with Crippen molar-refractivity contribution >= 4 is 29.1 Å². The molecule has 0 unspecified atom stereocenters. The van der Waals surface area contributed by atoms with Crippen molar-refractivity contribution < 1.29 is 14.0 Å². The van der Waals surface area contributed by atoms with Gasteiger partial charge in [-0.1, -0.05) is 17.7 Å². The van der Waals surface area contributed by atoms with E-state index >= 15 is 0 Å². The summed E-state index contributed by atoms with van der Waals surface area (Å²) in [5, 5.41) is 6.79. The predicted molar refractivity (Wildman–Crippen MR) is 76.8 cm³/mol. The number of hydrogen-bond donors (Lipinski definition) is 1. The highest BCUT2D eigenvalue weighted by molar-refractivity contribution is 6.39. The van der Waals surface area contributed by atoms with Gasteiger partial charge >= 0.3 is 0 Å². The Balaban J connectivity index is 2.24. The second-order valence-electron chi connectivity index (χ2n) is 4.54. The molecule has 2 rings (SSSR count). The van der Waals surface area contributed by atoms with Crippen LogP contribution in [0.5, 0.6) is 0 Å². The van der Waals surface area contributed by atoms with Gasteiger partial charge in [0.2, 0.25) is 5.78 Å². The number of anilines is 1. The minimum absolute atomic E-state index is 0.132. The van der Waals surface area contributed by atoms with Gasteiger partial charge in [0.15, 0.2) is 5.82 Å². The fourth-order valence-corrected chi connectivity index (χ4v) is 1.99. The Morgan fingerprint density at radius 1 is 1.43 bits per heavy atom. The highest BCUT2D eigenvalue weighted by Crippen LogP contribution is 2.21. The van der Waals surface area contributed by atoms with Gasteiger partial charge < -0.3 is 5.32 Å². The number of halogens is 2. The zero-order chi connectivity index (χ0) is 15.6. The fraction of sp³-hybridized carbons (Fsp3) is 0.214. The lowest BCUT2D eigenvalue weighted by Gasteiger charge is -2.07. The molecule has 0 saturated carbocycles. The summed E-state index contributed by atoms with van der Waals surface area (Å²) in [5.41, 5.74) is 1.02. The highest BCUT2D eigenvalue weighted by atomic mass is 35.5. The van der Waals surface area contributed by atoms with E-state index < -0.39 is 17.5 Å². The van der Waals surface area contributed by atoms with Crippen molar-refractivity contribution in [3.05, 3.63) is 46.4 Å². The van der Waals surface area contributed by atoms with Crippen LogP contribution in [0.15, 0.2) is 24.3 Å². The SMILES string of the molecule is CC(=O)C(=O)Nc1cc(C)n(Cc2c(F)cccc2Cl)n1. The Kier molecular flexibility index (Phi) is 4.37. The van der Waals surface area contributed by atoms with Crippen LogP contribution in [0.1, 0.15) is 18.2 Å². The van der Waals surface area contributed by atoms with Crippen molar-refractivity contribution in [1.82, 2.24) is 9.78 Å². The number of aromatic nitrogens is 2. The topological polar surface area (TPSA) is 64.0 Å². The molecular formula is C14H13ClFN3O2. The Morgan fingerprint density at radius 2 is 2.14 bits per heavy atom. The summed E-state index contributed by atoms with van der Waals surface area (Å²) in [6.07, 6.45) is 0. The lowest BCUT2D eigenvalue weighted by molar-refractivity contribution is -0.133. The van der Waals surface area contributed by atoms with Gasteiger partial charge in [0.1, 0.15) is 5.82 Å². The number of carbonyl (C=O) groups is 2. The van der Waals surface area contributed by atoms with Crippen LogP contribution in [0, 0.1) is 12.7 Å². The number of Topliss-reactive ketones (excluding diaryl/α,β-unsaturated/α-hetero) is 1. The summed E-state index contributed by atoms with van der Waals surface area (Å²) in [6.45, 7) is 3.05. The summed E-state index contributed by atoms with van der Waals surface area (Å²) in [6, 6.07) is 6.03. The zero-order valence-electron chi connectivity index (χ0n) is 11.5. The number of hydrogen-bond acceptors (Lipinski definition) is 3. The smallest absolute Gasteiger partial charge is 0.292 e. The van der Waals surface area contributed by atoms with Crippen LogP contribution >= 0.6 is 11.6 Å². The maximum absolute atomic E-state index is 13.8. The van der Waals surface area contributed by atoms with Crippen molar-refractivity contribution in [3.63, 3.8) is 0 Å². The lowest BCUT2D eigenvalue weighted by Crippen LogP contribution is -2.20. The summed E-state index contributed by atoms with van der Waals surface area (Å²) < 4.78 is 15.3. The van der Waals surface area contributed by atoms with Crippen molar-refractivity contribution in [1.29, 1.82) is 0 Å². The molecule has 0 spiro atoms. The third kappa shape index (κ3) is 3.46. The van der Waals surface area contributed by atoms with Crippen LogP contribution in [0.4, 0.5) is 10.2 Å². The van der Waals surface area contributed by atoms with E-state index in [1.54, 1.807) is 19.1 Å². The molecule has 0 aliphatic rings. The molecule has 110 valence electrons. The van der Waals surface area contributed by atoms with Crippen LogP contribution in [-0.2, 0) is 16.1 Å². The second kappa shape index (κ2) is 6.05. The molecular weight excluding hydrogens is 297 g/mol. The molecule has 7 heteroatoms. The Labute approximate surface area is 125 Å². The first kappa shape index (κ1) is 15.2. The van der Waals surface area contributed by atoms with Gasteiger partial charge in [-0.15, -0.1) is 0 Å². The number of nitrogens with one attached hydrogen (secondary N) is 1. The monoisotopic (exact) mass is 309 g/mol. The van der Waals surface area contributed by atoms with Gasteiger partial charge in [-0.2, -0.15) is 5.10 Å². The number of ketones is 1. The molecule has 0 saturated heterocycles. The second-order valence-corrected chi connectivity index (χ2v) is 4.95. The molecule has 5 nitrogen and oxygen atoms in total. The lowest BCUT2D eigenvalue weighted by atomic mass is 10.2. The highest BCUT2D eigenvalue weighted by Gasteiger charge is 2.13. The van der Waals surface area contributed by atoms with E-state index in [9.17, 15) is 14.0 Å². The van der Waals surface area contributed by atoms with Crippen molar-refractivity contribution in [2.75, 3.05) is 5.32 Å². The number of aryl methyl sites for hydroxylation is 1. The molecule has 0 atom stereocenters. The Hall–Kier alpha value is -2.21. The molecule has 1 N–H and O–H groups in total. The van der Waals surface area contributed by atoms with Crippen LogP contribution in [0.25, 0.3) is 0 Å². The molecule has 0 radical (unpaired) electrons. The van der Waals surface area contributed by atoms with Crippen molar-refractivity contribution in [2.24, 2.45) is 0 Å². The third-order valence-electron chi connectivity index (χ3n) is 2.91. The first-order chi connectivity index (χ1) is 9.88. The predicted octanol–water partition coefficient (Wildman–Crippen LogP) is 2.56. The largest absolute Gasteiger partial charge is 0.303 e. The van der Waals surface area contributed by atoms with Crippen LogP contribution in [0.2, 0.25) is 5.02 Å². The van der Waals surface area contributed by atoms with E-state index in [1.807, 2.05) is 0 Å². The van der Waals surface area contributed by atoms with Crippen LogP contribution in [-0.4, -0.2) is 21.5 Å². The van der Waals surface area contributed by atoms with Gasteiger partial charge in [0, 0.05) is 29.3 Å². The summed E-state index contributed by atoms with van der Waals surface area (Å²) in [5.74, 6) is -1.55. The minimum Gasteiger partial charge on any atom is -0.303 e. The van der Waals surface area contributed by atoms with E-state index in [4.69, 9.17) is 11.6 Å². The first-order valence-corrected chi connectivity index (χ1v) is 6.55. The average molecular weight is 310 g/mol. The Bertz CT molecular complexity index is 692. The number of nitrogens with zero attached hydrogens (tertiary/aromatic N) is 2. The maximum Gasteiger partial charge on any atom is 0.292 e. The van der Waals surface area contributed by atoms with E-state index in [0.717, 1.165) is 6.92 Å². The average Bonchev–Trinajstić information content (AvgIpc) is 2.74. The van der Waals surface area contributed by atoms with Gasteiger partial charge in [0.05, 0.1) is 6.54 Å². The molecule has 0 aliphatic carbocycles. The molecule has 0 bridgehead atoms. The van der Waals surface area contributed by atoms with Gasteiger partial charge in [-0.05, 0) is 19.1 Å². The molecule has 1 heterocycles. The van der Waals surface area contributed by atoms with E-state index in [0.29, 0.717) is 16.3 Å². The van der Waals surface area contributed by atoms with Crippen LogP contribution < -0.4 is 5.32 Å². The molecule has 2 aromatic rings. The quantitative estimate of drug-likeness (QED) is 0.883. The van der Waals surface area contributed by atoms with E-state index in [2.05, 4.69) is 10.4 Å². The van der Waals surface area contributed by atoms with Crippen LogP contribution in [0.3, 0.4) is 0 Å². The summed E-state index contributed by atoms with van der Waals surface area (Å²) >= 11 is 5.97. The maximum atomic E-state index is 13.8. The standard InChI is InChI=1S/C14H13ClFN3O2/c1-8-6-13(17-14(21)9(2)20)18-19(8)7-10-11(15)4-3-5-12(10)16/h3-6H,7H2,1-2H3,(H,17,18,21). The molecule has 1 aromatic carbocycles. The normalized spacial score (nSPS) is 10.5. The molecule has 21 heavy (non-hydrogen) atoms. The van der Waals surface area contributed by atoms with E-state index in [1.165, 1.54) is 16.8 Å². The minimum atomic E-state index is -0.747. The molecule has 0 aliphatic heterocycles.